The van der Waals surface area contributed by atoms with Crippen LogP contribution in [0.3, 0.4) is 0 Å². The Morgan fingerprint density at radius 2 is 1.86 bits per heavy atom. The van der Waals surface area contributed by atoms with E-state index >= 15 is 0 Å². The van der Waals surface area contributed by atoms with Gasteiger partial charge in [-0.15, -0.1) is 0 Å². The molecule has 0 fully saturated rings. The summed E-state index contributed by atoms with van der Waals surface area (Å²) in [6.45, 7) is 3.00. The van der Waals surface area contributed by atoms with Crippen LogP contribution in [0.15, 0.2) is 54.6 Å². The summed E-state index contributed by atoms with van der Waals surface area (Å²) >= 11 is 0. The van der Waals surface area contributed by atoms with Crippen LogP contribution >= 0.6 is 0 Å². The maximum Gasteiger partial charge on any atom is 0.255 e. The molecule has 0 heterocycles. The standard InChI is InChI=1S/C23H24N2O3/c1-4-11-25(2)22-13-18(12-17-7-10-20(28-3)14-21(17)22)23(27)24-19-8-5-16(15-26)6-9-19/h5-10,12-15H,4,11H2,1-3H3,(H,24,27). The van der Waals surface area contributed by atoms with E-state index in [2.05, 4.69) is 17.1 Å². The zero-order valence-electron chi connectivity index (χ0n) is 16.4. The number of nitrogens with one attached hydrogen (secondary N) is 1. The quantitative estimate of drug-likeness (QED) is 0.604. The number of aldehydes is 1. The van der Waals surface area contributed by atoms with Crippen LogP contribution in [-0.4, -0.2) is 32.9 Å². The maximum absolute atomic E-state index is 12.8. The van der Waals surface area contributed by atoms with Gasteiger partial charge in [-0.2, -0.15) is 0 Å². The first-order chi connectivity index (χ1) is 13.5. The van der Waals surface area contributed by atoms with Crippen molar-refractivity contribution in [3.63, 3.8) is 0 Å². The van der Waals surface area contributed by atoms with Gasteiger partial charge in [0.15, 0.2) is 0 Å². The zero-order valence-corrected chi connectivity index (χ0v) is 16.4. The summed E-state index contributed by atoms with van der Waals surface area (Å²) in [4.78, 5) is 25.8. The monoisotopic (exact) mass is 376 g/mol. The number of amides is 1. The van der Waals surface area contributed by atoms with E-state index in [0.717, 1.165) is 41.5 Å². The molecular weight excluding hydrogens is 352 g/mol. The molecule has 1 amide bonds. The Bertz CT molecular complexity index is 997. The molecule has 0 atom stereocenters. The molecule has 0 saturated heterocycles. The van der Waals surface area contributed by atoms with Gasteiger partial charge in [-0.1, -0.05) is 13.0 Å². The molecule has 144 valence electrons. The molecule has 3 aromatic rings. The molecule has 3 rings (SSSR count). The highest BCUT2D eigenvalue weighted by atomic mass is 16.5. The van der Waals surface area contributed by atoms with Crippen LogP contribution < -0.4 is 15.0 Å². The molecule has 5 heteroatoms. The summed E-state index contributed by atoms with van der Waals surface area (Å²) in [6.07, 6.45) is 1.78. The normalized spacial score (nSPS) is 10.5. The minimum atomic E-state index is -0.192. The van der Waals surface area contributed by atoms with Crippen LogP contribution in [-0.2, 0) is 0 Å². The smallest absolute Gasteiger partial charge is 0.255 e. The topological polar surface area (TPSA) is 58.6 Å². The van der Waals surface area contributed by atoms with Crippen LogP contribution in [0.2, 0.25) is 0 Å². The molecule has 1 N–H and O–H groups in total. The Kier molecular flexibility index (Phi) is 5.94. The van der Waals surface area contributed by atoms with Crippen molar-refractivity contribution in [1.82, 2.24) is 0 Å². The average Bonchev–Trinajstić information content (AvgIpc) is 2.73. The Balaban J connectivity index is 1.99. The van der Waals surface area contributed by atoms with Crippen LogP contribution in [0.4, 0.5) is 11.4 Å². The van der Waals surface area contributed by atoms with E-state index in [9.17, 15) is 9.59 Å². The summed E-state index contributed by atoms with van der Waals surface area (Å²) < 4.78 is 5.37. The van der Waals surface area contributed by atoms with Crippen molar-refractivity contribution in [3.8, 4) is 5.75 Å². The second-order valence-electron chi connectivity index (χ2n) is 6.70. The number of carbonyl (C=O) groups is 2. The lowest BCUT2D eigenvalue weighted by Gasteiger charge is -2.22. The van der Waals surface area contributed by atoms with Crippen molar-refractivity contribution in [3.05, 3.63) is 65.7 Å². The molecule has 0 aliphatic heterocycles. The van der Waals surface area contributed by atoms with Gasteiger partial charge in [-0.3, -0.25) is 9.59 Å². The van der Waals surface area contributed by atoms with E-state index in [4.69, 9.17) is 4.74 Å². The lowest BCUT2D eigenvalue weighted by molar-refractivity contribution is 0.102. The summed E-state index contributed by atoms with van der Waals surface area (Å²) in [7, 11) is 3.67. The fraction of sp³-hybridized carbons (Fsp3) is 0.217. The van der Waals surface area contributed by atoms with Crippen LogP contribution in [0.5, 0.6) is 5.75 Å². The van der Waals surface area contributed by atoms with Gasteiger partial charge in [0.25, 0.3) is 5.91 Å². The zero-order chi connectivity index (χ0) is 20.1. The van der Waals surface area contributed by atoms with E-state index in [1.807, 2.05) is 37.4 Å². The second kappa shape index (κ2) is 8.57. The van der Waals surface area contributed by atoms with E-state index in [0.29, 0.717) is 16.8 Å². The number of fused-ring (bicyclic) bond motifs is 1. The number of benzene rings is 3. The molecule has 0 saturated carbocycles. The highest BCUT2D eigenvalue weighted by Gasteiger charge is 2.14. The van der Waals surface area contributed by atoms with Gasteiger partial charge in [0.1, 0.15) is 12.0 Å². The average molecular weight is 376 g/mol. The number of hydrogen-bond donors (Lipinski definition) is 1. The number of ether oxygens (including phenoxy) is 1. The third kappa shape index (κ3) is 4.14. The minimum Gasteiger partial charge on any atom is -0.497 e. The molecule has 3 aromatic carbocycles. The van der Waals surface area contributed by atoms with E-state index in [-0.39, 0.29) is 5.91 Å². The molecular formula is C23H24N2O3. The molecule has 0 spiro atoms. The molecule has 0 aliphatic carbocycles. The summed E-state index contributed by atoms with van der Waals surface area (Å²) in [5, 5.41) is 4.92. The van der Waals surface area contributed by atoms with Crippen LogP contribution in [0.1, 0.15) is 34.1 Å². The van der Waals surface area contributed by atoms with Gasteiger partial charge in [0.05, 0.1) is 7.11 Å². The van der Waals surface area contributed by atoms with Crippen molar-refractivity contribution in [1.29, 1.82) is 0 Å². The Labute approximate surface area is 164 Å². The Hall–Kier alpha value is -3.34. The molecule has 0 aromatic heterocycles. The summed E-state index contributed by atoms with van der Waals surface area (Å²) in [5.41, 5.74) is 2.78. The highest BCUT2D eigenvalue weighted by molar-refractivity contribution is 6.09. The molecule has 0 radical (unpaired) electrons. The summed E-state index contributed by atoms with van der Waals surface area (Å²) in [5.74, 6) is 0.592. The number of nitrogens with zero attached hydrogens (tertiary/aromatic N) is 1. The molecule has 0 aliphatic rings. The molecule has 0 bridgehead atoms. The first-order valence-corrected chi connectivity index (χ1v) is 9.25. The molecule has 28 heavy (non-hydrogen) atoms. The first kappa shape index (κ1) is 19.4. The number of carbonyl (C=O) groups excluding carboxylic acids is 2. The van der Waals surface area contributed by atoms with Gasteiger partial charge in [0, 0.05) is 41.5 Å². The number of rotatable bonds is 7. The van der Waals surface area contributed by atoms with Crippen LogP contribution in [0.25, 0.3) is 10.8 Å². The van der Waals surface area contributed by atoms with Gasteiger partial charge in [-0.25, -0.2) is 0 Å². The van der Waals surface area contributed by atoms with Crippen molar-refractivity contribution >= 4 is 34.3 Å². The third-order valence-corrected chi connectivity index (χ3v) is 4.68. The first-order valence-electron chi connectivity index (χ1n) is 9.25. The molecule has 5 nitrogen and oxygen atoms in total. The van der Waals surface area contributed by atoms with Gasteiger partial charge in [-0.05, 0) is 60.3 Å². The van der Waals surface area contributed by atoms with Crippen LogP contribution in [0, 0.1) is 0 Å². The van der Waals surface area contributed by atoms with E-state index in [1.54, 1.807) is 31.4 Å². The summed E-state index contributed by atoms with van der Waals surface area (Å²) in [6, 6.07) is 16.4. The van der Waals surface area contributed by atoms with Gasteiger partial charge in [0.2, 0.25) is 0 Å². The van der Waals surface area contributed by atoms with Crippen molar-refractivity contribution in [2.75, 3.05) is 30.9 Å². The number of methoxy groups -OCH3 is 1. The second-order valence-corrected chi connectivity index (χ2v) is 6.70. The van der Waals surface area contributed by atoms with E-state index in [1.165, 1.54) is 0 Å². The van der Waals surface area contributed by atoms with Gasteiger partial charge < -0.3 is 15.0 Å². The predicted molar refractivity (Wildman–Crippen MR) is 114 cm³/mol. The fourth-order valence-corrected chi connectivity index (χ4v) is 3.20. The Morgan fingerprint density at radius 3 is 2.50 bits per heavy atom. The largest absolute Gasteiger partial charge is 0.497 e. The SMILES string of the molecule is CCCN(C)c1cc(C(=O)Nc2ccc(C=O)cc2)cc2ccc(OC)cc12. The number of anilines is 2. The predicted octanol–water partition coefficient (Wildman–Crippen LogP) is 4.76. The molecule has 0 unspecified atom stereocenters. The van der Waals surface area contributed by atoms with Gasteiger partial charge >= 0.3 is 0 Å². The minimum absolute atomic E-state index is 0.192. The van der Waals surface area contributed by atoms with Crippen molar-refractivity contribution in [2.24, 2.45) is 0 Å². The highest BCUT2D eigenvalue weighted by Crippen LogP contribution is 2.31. The van der Waals surface area contributed by atoms with Crippen molar-refractivity contribution in [2.45, 2.75) is 13.3 Å². The van der Waals surface area contributed by atoms with Crippen molar-refractivity contribution < 1.29 is 14.3 Å². The third-order valence-electron chi connectivity index (χ3n) is 4.68. The number of hydrogen-bond acceptors (Lipinski definition) is 4. The lowest BCUT2D eigenvalue weighted by Crippen LogP contribution is -2.19. The fourth-order valence-electron chi connectivity index (χ4n) is 3.20. The maximum atomic E-state index is 12.8. The Morgan fingerprint density at radius 1 is 1.11 bits per heavy atom. The lowest BCUT2D eigenvalue weighted by atomic mass is 10.0. The van der Waals surface area contributed by atoms with E-state index < -0.39 is 0 Å².